The fourth-order valence-electron chi connectivity index (χ4n) is 8.90. The van der Waals surface area contributed by atoms with Gasteiger partial charge in [-0.1, -0.05) is 44.9 Å². The molecule has 2 heterocycles. The zero-order valence-electron chi connectivity index (χ0n) is 36.6. The summed E-state index contributed by atoms with van der Waals surface area (Å²) in [5, 5.41) is 34.2. The van der Waals surface area contributed by atoms with Crippen LogP contribution in [0.25, 0.3) is 0 Å². The van der Waals surface area contributed by atoms with Gasteiger partial charge in [0.2, 0.25) is 5.79 Å². The first-order chi connectivity index (χ1) is 27.6. The van der Waals surface area contributed by atoms with Crippen LogP contribution in [-0.4, -0.2) is 125 Å². The molecule has 2 fully saturated rings. The average molecular weight is 838 g/mol. The van der Waals surface area contributed by atoms with Crippen LogP contribution < -0.4 is 0 Å². The second kappa shape index (κ2) is 25.0. The number of carbonyl (C=O) groups excluding carboxylic acids is 4. The van der Waals surface area contributed by atoms with Crippen molar-refractivity contribution in [1.82, 2.24) is 4.90 Å². The largest absolute Gasteiger partial charge is 0.456 e. The van der Waals surface area contributed by atoms with Crippen molar-refractivity contribution in [1.29, 1.82) is 0 Å². The minimum Gasteiger partial charge on any atom is -0.456 e. The number of Topliss-reactive ketones (excluding diaryl/α,β-unsaturated/α-hetero) is 2. The lowest BCUT2D eigenvalue weighted by molar-refractivity contribution is -0.208. The van der Waals surface area contributed by atoms with E-state index in [1.54, 1.807) is 21.1 Å². The Morgan fingerprint density at radius 3 is 2.28 bits per heavy atom. The molecular formula is C45H75NO11S. The number of methoxy groups -OCH3 is 3. The summed E-state index contributed by atoms with van der Waals surface area (Å²) in [5.41, 5.74) is 1.81. The van der Waals surface area contributed by atoms with Crippen molar-refractivity contribution in [2.75, 3.05) is 39.4 Å². The zero-order chi connectivity index (χ0) is 43.0. The number of ketones is 2. The number of hydrogen-bond acceptors (Lipinski definition) is 12. The molecule has 1 unspecified atom stereocenters. The van der Waals surface area contributed by atoms with E-state index in [4.69, 9.17) is 18.9 Å². The predicted octanol–water partition coefficient (Wildman–Crippen LogP) is 6.36. The zero-order valence-corrected chi connectivity index (χ0v) is 37.4. The molecule has 2 aliphatic heterocycles. The monoisotopic (exact) mass is 838 g/mol. The minimum absolute atomic E-state index is 0.0583. The van der Waals surface area contributed by atoms with E-state index in [0.717, 1.165) is 72.5 Å². The average Bonchev–Trinajstić information content (AvgIpc) is 3.21. The smallest absolute Gasteiger partial charge is 0.329 e. The van der Waals surface area contributed by atoms with Gasteiger partial charge in [0.1, 0.15) is 17.9 Å². The van der Waals surface area contributed by atoms with E-state index in [2.05, 4.69) is 19.1 Å². The lowest BCUT2D eigenvalue weighted by atomic mass is 9.82. The summed E-state index contributed by atoms with van der Waals surface area (Å²) in [6.07, 6.45) is 10.6. The third-order valence-electron chi connectivity index (χ3n) is 12.7. The lowest BCUT2D eigenvalue weighted by Gasteiger charge is -2.38. The molecule has 0 aromatic carbocycles. The van der Waals surface area contributed by atoms with Crippen molar-refractivity contribution in [2.45, 2.75) is 173 Å². The van der Waals surface area contributed by atoms with E-state index >= 15 is 0 Å². The first-order valence-electron chi connectivity index (χ1n) is 21.8. The molecule has 10 atom stereocenters. The van der Waals surface area contributed by atoms with Gasteiger partial charge in [0.15, 0.2) is 0 Å². The van der Waals surface area contributed by atoms with E-state index in [0.29, 0.717) is 32.1 Å². The first-order valence-corrected chi connectivity index (χ1v) is 23.0. The molecule has 1 aliphatic carbocycles. The Balaban J connectivity index is 2.05. The van der Waals surface area contributed by atoms with Gasteiger partial charge in [0, 0.05) is 52.0 Å². The summed E-state index contributed by atoms with van der Waals surface area (Å²) in [6, 6.07) is -1.15. The second-order valence-electron chi connectivity index (χ2n) is 17.2. The van der Waals surface area contributed by atoms with Crippen LogP contribution in [0.2, 0.25) is 0 Å². The third-order valence-corrected chi connectivity index (χ3v) is 13.7. The van der Waals surface area contributed by atoms with E-state index in [1.807, 2.05) is 25.6 Å². The van der Waals surface area contributed by atoms with Gasteiger partial charge in [-0.2, -0.15) is 11.8 Å². The van der Waals surface area contributed by atoms with Gasteiger partial charge in [0.05, 0.1) is 24.4 Å². The third kappa shape index (κ3) is 14.8. The molecule has 3 aliphatic rings. The van der Waals surface area contributed by atoms with Crippen LogP contribution in [-0.2, 0) is 38.1 Å². The molecule has 1 amide bonds. The SMILES string of the molecule is CCSCCC[C@@H]1/C=C(\C)CCC[C@H](OC)C[C@@H](OC)C[C@@H](C)C(O)(O)C(=O)C(=O)N2CCCC[C@H]2C(=O)O[C@H](/C(C)=C/C2CCC[C@H](OC)C2)[C@H](C)[C@@H](O)CC1=O. The van der Waals surface area contributed by atoms with Crippen molar-refractivity contribution in [3.63, 3.8) is 0 Å². The fourth-order valence-corrected chi connectivity index (χ4v) is 9.56. The molecule has 1 saturated carbocycles. The molecule has 0 spiro atoms. The maximum atomic E-state index is 14.2. The number of aliphatic hydroxyl groups is 3. The van der Waals surface area contributed by atoms with E-state index < -0.39 is 59.6 Å². The molecule has 12 nitrogen and oxygen atoms in total. The number of rotatable bonds is 10. The summed E-state index contributed by atoms with van der Waals surface area (Å²) in [6.45, 7) is 9.34. The Bertz CT molecular complexity index is 1380. The fraction of sp³-hybridized carbons (Fsp3) is 0.822. The van der Waals surface area contributed by atoms with Crippen LogP contribution in [0.5, 0.6) is 0 Å². The summed E-state index contributed by atoms with van der Waals surface area (Å²) in [5.74, 6) is -6.46. The van der Waals surface area contributed by atoms with Gasteiger partial charge in [-0.25, -0.2) is 4.79 Å². The van der Waals surface area contributed by atoms with Gasteiger partial charge in [0.25, 0.3) is 11.7 Å². The van der Waals surface area contributed by atoms with Crippen molar-refractivity contribution < 1.29 is 53.4 Å². The van der Waals surface area contributed by atoms with Crippen molar-refractivity contribution in [3.05, 3.63) is 23.3 Å². The molecule has 332 valence electrons. The van der Waals surface area contributed by atoms with Crippen molar-refractivity contribution in [3.8, 4) is 0 Å². The highest BCUT2D eigenvalue weighted by atomic mass is 32.2. The number of nitrogens with zero attached hydrogens (tertiary/aromatic N) is 1. The number of piperidine rings is 1. The number of esters is 1. The van der Waals surface area contributed by atoms with Crippen LogP contribution >= 0.6 is 11.8 Å². The van der Waals surface area contributed by atoms with E-state index in [9.17, 15) is 34.5 Å². The highest BCUT2D eigenvalue weighted by Crippen LogP contribution is 2.33. The molecule has 3 rings (SSSR count). The number of amides is 1. The molecule has 0 radical (unpaired) electrons. The Kier molecular flexibility index (Phi) is 21.6. The number of allylic oxidation sites excluding steroid dienone is 3. The first kappa shape index (κ1) is 50.2. The van der Waals surface area contributed by atoms with E-state index in [-0.39, 0.29) is 55.6 Å². The number of thioether (sulfide) groups is 1. The highest BCUT2D eigenvalue weighted by molar-refractivity contribution is 7.99. The molecule has 58 heavy (non-hydrogen) atoms. The van der Waals surface area contributed by atoms with Crippen LogP contribution in [0.1, 0.15) is 131 Å². The summed E-state index contributed by atoms with van der Waals surface area (Å²) < 4.78 is 23.4. The molecule has 1 saturated heterocycles. The number of carbonyl (C=O) groups is 4. The Labute approximate surface area is 352 Å². The van der Waals surface area contributed by atoms with E-state index in [1.165, 1.54) is 14.0 Å². The predicted molar refractivity (Wildman–Crippen MR) is 226 cm³/mol. The summed E-state index contributed by atoms with van der Waals surface area (Å²) >= 11 is 1.84. The highest BCUT2D eigenvalue weighted by Gasteiger charge is 2.48. The number of hydrogen-bond donors (Lipinski definition) is 3. The Hall–Kier alpha value is -2.13. The maximum Gasteiger partial charge on any atom is 0.329 e. The van der Waals surface area contributed by atoms with Gasteiger partial charge >= 0.3 is 5.97 Å². The second-order valence-corrected chi connectivity index (χ2v) is 18.5. The van der Waals surface area contributed by atoms with Gasteiger partial charge in [-0.05, 0) is 120 Å². The standard InChI is InChI=1S/C45H75NO11S/c1-9-58-22-14-17-34-23-29(2)15-12-18-36(55-7)27-37(56-8)25-31(4)45(52,53)42(49)43(50)46-21-11-10-20-38(46)44(51)57-41(32(5)39(47)28-40(34)48)30(3)24-33-16-13-19-35(26-33)54-6/h23-24,31-39,41,47,52-53H,9-22,25-28H2,1-8H3/b29-23+,30-24+/t31-,32-,33?,34-,35+,36+,37+,38+,39+,41-/m1/s1. The van der Waals surface area contributed by atoms with Crippen molar-refractivity contribution >= 4 is 35.2 Å². The summed E-state index contributed by atoms with van der Waals surface area (Å²) in [4.78, 5) is 57.0. The molecule has 0 aromatic rings. The molecule has 0 aromatic heterocycles. The van der Waals surface area contributed by atoms with Crippen LogP contribution in [0.4, 0.5) is 0 Å². The molecule has 13 heteroatoms. The number of fused-ring (bicyclic) bond motifs is 1. The summed E-state index contributed by atoms with van der Waals surface area (Å²) in [7, 11) is 4.84. The Morgan fingerprint density at radius 1 is 0.931 bits per heavy atom. The van der Waals surface area contributed by atoms with Gasteiger partial charge in [-0.3, -0.25) is 14.4 Å². The molecular weight excluding hydrogens is 763 g/mol. The van der Waals surface area contributed by atoms with Crippen LogP contribution in [0.15, 0.2) is 23.3 Å². The molecule has 0 bridgehead atoms. The van der Waals surface area contributed by atoms with Gasteiger partial charge < -0.3 is 39.2 Å². The minimum atomic E-state index is -3.02. The maximum absolute atomic E-state index is 14.2. The van der Waals surface area contributed by atoms with Crippen molar-refractivity contribution in [2.24, 2.45) is 23.7 Å². The number of ether oxygens (including phenoxy) is 4. The topological polar surface area (TPSA) is 169 Å². The lowest BCUT2D eigenvalue weighted by Crippen LogP contribution is -2.58. The normalized spacial score (nSPS) is 34.5. The molecule has 3 N–H and O–H groups in total. The van der Waals surface area contributed by atoms with Gasteiger partial charge in [-0.15, -0.1) is 0 Å². The Morgan fingerprint density at radius 2 is 1.60 bits per heavy atom. The van der Waals surface area contributed by atoms with Crippen LogP contribution in [0.3, 0.4) is 0 Å². The van der Waals surface area contributed by atoms with Crippen LogP contribution in [0, 0.1) is 23.7 Å². The number of aliphatic hydroxyl groups excluding tert-OH is 1. The number of cyclic esters (lactones) is 1. The quantitative estimate of drug-likeness (QED) is 0.0733.